The van der Waals surface area contributed by atoms with Gasteiger partial charge in [-0.25, -0.2) is 0 Å². The monoisotopic (exact) mass is 280 g/mol. The summed E-state index contributed by atoms with van der Waals surface area (Å²) in [7, 11) is 0. The summed E-state index contributed by atoms with van der Waals surface area (Å²) in [4.78, 5) is 12.0. The molecule has 1 aromatic heterocycles. The Balaban J connectivity index is 2.11. The third kappa shape index (κ3) is 3.83. The lowest BCUT2D eigenvalue weighted by atomic mass is 10.0. The van der Waals surface area contributed by atoms with Crippen molar-refractivity contribution in [3.63, 3.8) is 0 Å². The van der Waals surface area contributed by atoms with E-state index in [4.69, 9.17) is 9.68 Å². The molecule has 0 aliphatic rings. The zero-order valence-corrected chi connectivity index (χ0v) is 12.0. The standard InChI is InChI=1S/C17H16N2O2/c1-12(2)13-5-7-15(8-6-13)19-17(20)14(11-18)10-16-4-3-9-21-16/h3-10,12H,1-2H3,(H,19,20)/b14-10+. The van der Waals surface area contributed by atoms with Crippen LogP contribution in [0.25, 0.3) is 6.08 Å². The van der Waals surface area contributed by atoms with Gasteiger partial charge < -0.3 is 9.73 Å². The maximum atomic E-state index is 12.0. The van der Waals surface area contributed by atoms with Crippen molar-refractivity contribution in [2.24, 2.45) is 0 Å². The fourth-order valence-electron chi connectivity index (χ4n) is 1.81. The van der Waals surface area contributed by atoms with Crippen molar-refractivity contribution in [2.75, 3.05) is 5.32 Å². The average molecular weight is 280 g/mol. The number of anilines is 1. The third-order valence-electron chi connectivity index (χ3n) is 3.03. The Bertz CT molecular complexity index is 675. The normalized spacial score (nSPS) is 11.2. The van der Waals surface area contributed by atoms with Crippen LogP contribution in [0.15, 0.2) is 52.7 Å². The molecule has 0 aliphatic carbocycles. The molecule has 0 aliphatic heterocycles. The predicted octanol–water partition coefficient (Wildman–Crippen LogP) is 3.95. The number of nitrogens with one attached hydrogen (secondary N) is 1. The van der Waals surface area contributed by atoms with E-state index in [9.17, 15) is 4.79 Å². The molecular formula is C17H16N2O2. The lowest BCUT2D eigenvalue weighted by molar-refractivity contribution is -0.112. The van der Waals surface area contributed by atoms with E-state index >= 15 is 0 Å². The number of benzene rings is 1. The van der Waals surface area contributed by atoms with Gasteiger partial charge in [-0.2, -0.15) is 5.26 Å². The van der Waals surface area contributed by atoms with Crippen molar-refractivity contribution in [3.05, 3.63) is 59.6 Å². The zero-order valence-electron chi connectivity index (χ0n) is 12.0. The first kappa shape index (κ1) is 14.6. The number of amides is 1. The van der Waals surface area contributed by atoms with Gasteiger partial charge in [-0.3, -0.25) is 4.79 Å². The van der Waals surface area contributed by atoms with Crippen LogP contribution in [0.4, 0.5) is 5.69 Å². The molecule has 4 nitrogen and oxygen atoms in total. The number of nitriles is 1. The van der Waals surface area contributed by atoms with Gasteiger partial charge in [0.05, 0.1) is 6.26 Å². The smallest absolute Gasteiger partial charge is 0.266 e. The van der Waals surface area contributed by atoms with Crippen LogP contribution in [0.3, 0.4) is 0 Å². The van der Waals surface area contributed by atoms with E-state index in [1.54, 1.807) is 12.1 Å². The second-order valence-electron chi connectivity index (χ2n) is 4.92. The minimum Gasteiger partial charge on any atom is -0.465 e. The molecule has 21 heavy (non-hydrogen) atoms. The summed E-state index contributed by atoms with van der Waals surface area (Å²) in [5.41, 5.74) is 1.85. The SMILES string of the molecule is CC(C)c1ccc(NC(=O)/C(C#N)=C/c2ccco2)cc1. The summed E-state index contributed by atoms with van der Waals surface area (Å²) in [5, 5.41) is 11.8. The molecule has 106 valence electrons. The molecule has 1 N–H and O–H groups in total. The van der Waals surface area contributed by atoms with E-state index < -0.39 is 5.91 Å². The maximum absolute atomic E-state index is 12.0. The van der Waals surface area contributed by atoms with E-state index in [-0.39, 0.29) is 5.57 Å². The maximum Gasteiger partial charge on any atom is 0.266 e. The van der Waals surface area contributed by atoms with Crippen LogP contribution < -0.4 is 5.32 Å². The number of rotatable bonds is 4. The van der Waals surface area contributed by atoms with E-state index in [2.05, 4.69) is 19.2 Å². The highest BCUT2D eigenvalue weighted by Crippen LogP contribution is 2.18. The number of hydrogen-bond acceptors (Lipinski definition) is 3. The van der Waals surface area contributed by atoms with E-state index in [1.165, 1.54) is 17.9 Å². The van der Waals surface area contributed by atoms with Crippen molar-refractivity contribution in [3.8, 4) is 6.07 Å². The molecule has 4 heteroatoms. The van der Waals surface area contributed by atoms with E-state index in [0.717, 1.165) is 0 Å². The largest absolute Gasteiger partial charge is 0.465 e. The Kier molecular flexibility index (Phi) is 4.57. The highest BCUT2D eigenvalue weighted by atomic mass is 16.3. The molecule has 2 rings (SSSR count). The Morgan fingerprint density at radius 1 is 1.29 bits per heavy atom. The first-order valence-electron chi connectivity index (χ1n) is 6.66. The van der Waals surface area contributed by atoms with E-state index in [0.29, 0.717) is 17.4 Å². The first-order valence-corrected chi connectivity index (χ1v) is 6.66. The molecule has 0 saturated heterocycles. The van der Waals surface area contributed by atoms with E-state index in [1.807, 2.05) is 30.3 Å². The highest BCUT2D eigenvalue weighted by Gasteiger charge is 2.10. The van der Waals surface area contributed by atoms with Crippen molar-refractivity contribution in [1.82, 2.24) is 0 Å². The van der Waals surface area contributed by atoms with Crippen molar-refractivity contribution >= 4 is 17.7 Å². The second-order valence-corrected chi connectivity index (χ2v) is 4.92. The summed E-state index contributed by atoms with van der Waals surface area (Å²) in [5.74, 6) is 0.450. The van der Waals surface area contributed by atoms with Crippen LogP contribution in [-0.2, 0) is 4.79 Å². The van der Waals surface area contributed by atoms with Crippen molar-refractivity contribution in [2.45, 2.75) is 19.8 Å². The quantitative estimate of drug-likeness (QED) is 0.681. The average Bonchev–Trinajstić information content (AvgIpc) is 2.98. The molecule has 1 aromatic carbocycles. The van der Waals surface area contributed by atoms with Crippen LogP contribution in [0.5, 0.6) is 0 Å². The van der Waals surface area contributed by atoms with Gasteiger partial charge in [0, 0.05) is 11.8 Å². The summed E-state index contributed by atoms with van der Waals surface area (Å²) >= 11 is 0. The van der Waals surface area contributed by atoms with Gasteiger partial charge in [0.2, 0.25) is 0 Å². The topological polar surface area (TPSA) is 66.0 Å². The molecule has 0 radical (unpaired) electrons. The third-order valence-corrected chi connectivity index (χ3v) is 3.03. The zero-order chi connectivity index (χ0) is 15.2. The fourth-order valence-corrected chi connectivity index (χ4v) is 1.81. The number of nitrogens with zero attached hydrogens (tertiary/aromatic N) is 1. The van der Waals surface area contributed by atoms with Crippen LogP contribution in [0.1, 0.15) is 31.1 Å². The lowest BCUT2D eigenvalue weighted by Crippen LogP contribution is -2.13. The van der Waals surface area contributed by atoms with Gasteiger partial charge in [-0.1, -0.05) is 26.0 Å². The Morgan fingerprint density at radius 3 is 2.52 bits per heavy atom. The Labute approximate surface area is 123 Å². The molecule has 0 bridgehead atoms. The molecule has 2 aromatic rings. The van der Waals surface area contributed by atoms with Gasteiger partial charge >= 0.3 is 0 Å². The minimum absolute atomic E-state index is 0.00196. The minimum atomic E-state index is -0.453. The van der Waals surface area contributed by atoms with Gasteiger partial charge in [0.15, 0.2) is 0 Å². The summed E-state index contributed by atoms with van der Waals surface area (Å²) < 4.78 is 5.10. The van der Waals surface area contributed by atoms with Gasteiger partial charge in [-0.05, 0) is 35.7 Å². The molecule has 0 unspecified atom stereocenters. The predicted molar refractivity (Wildman–Crippen MR) is 81.5 cm³/mol. The number of furan rings is 1. The van der Waals surface area contributed by atoms with Gasteiger partial charge in [-0.15, -0.1) is 0 Å². The van der Waals surface area contributed by atoms with Crippen LogP contribution in [-0.4, -0.2) is 5.91 Å². The summed E-state index contributed by atoms with van der Waals surface area (Å²) in [6.45, 7) is 4.21. The second kappa shape index (κ2) is 6.58. The molecule has 0 saturated carbocycles. The Morgan fingerprint density at radius 2 is 2.00 bits per heavy atom. The van der Waals surface area contributed by atoms with Crippen LogP contribution >= 0.6 is 0 Å². The molecule has 0 spiro atoms. The first-order chi connectivity index (χ1) is 10.1. The lowest BCUT2D eigenvalue weighted by Gasteiger charge is -2.08. The number of carbonyl (C=O) groups excluding carboxylic acids is 1. The molecule has 0 atom stereocenters. The molecular weight excluding hydrogens is 264 g/mol. The fraction of sp³-hybridized carbons (Fsp3) is 0.176. The summed E-state index contributed by atoms with van der Waals surface area (Å²) in [6.07, 6.45) is 2.90. The number of hydrogen-bond donors (Lipinski definition) is 1. The molecule has 0 fully saturated rings. The highest BCUT2D eigenvalue weighted by molar-refractivity contribution is 6.09. The number of carbonyl (C=O) groups is 1. The van der Waals surface area contributed by atoms with Crippen LogP contribution in [0.2, 0.25) is 0 Å². The Hall–Kier alpha value is -2.80. The van der Waals surface area contributed by atoms with Crippen LogP contribution in [0, 0.1) is 11.3 Å². The van der Waals surface area contributed by atoms with Gasteiger partial charge in [0.25, 0.3) is 5.91 Å². The van der Waals surface area contributed by atoms with Crippen molar-refractivity contribution in [1.29, 1.82) is 5.26 Å². The molecule has 1 amide bonds. The van der Waals surface area contributed by atoms with Crippen molar-refractivity contribution < 1.29 is 9.21 Å². The summed E-state index contributed by atoms with van der Waals surface area (Å²) in [6, 6.07) is 12.8. The van der Waals surface area contributed by atoms with Gasteiger partial charge in [0.1, 0.15) is 17.4 Å². The molecule has 1 heterocycles.